The van der Waals surface area contributed by atoms with Gasteiger partial charge in [0.1, 0.15) is 5.82 Å². The monoisotopic (exact) mass is 288 g/mol. The number of anilines is 2. The third-order valence-corrected chi connectivity index (χ3v) is 2.68. The lowest BCUT2D eigenvalue weighted by molar-refractivity contribution is -0.385. The zero-order chi connectivity index (χ0) is 15.4. The lowest BCUT2D eigenvalue weighted by Gasteiger charge is -2.06. The van der Waals surface area contributed by atoms with Crippen LogP contribution in [0.2, 0.25) is 0 Å². The van der Waals surface area contributed by atoms with Gasteiger partial charge in [0, 0.05) is 11.6 Å². The van der Waals surface area contributed by atoms with Crippen LogP contribution in [0, 0.1) is 10.1 Å². The van der Waals surface area contributed by atoms with E-state index in [4.69, 9.17) is 10.5 Å². The zero-order valence-corrected chi connectivity index (χ0v) is 11.1. The van der Waals surface area contributed by atoms with Crippen molar-refractivity contribution in [1.29, 1.82) is 0 Å². The number of benzene rings is 1. The number of rotatable bonds is 4. The van der Waals surface area contributed by atoms with Gasteiger partial charge in [-0.25, -0.2) is 4.98 Å². The number of aromatic nitrogens is 1. The maximum atomic E-state index is 12.0. The number of hydrogen-bond acceptors (Lipinski definition) is 6. The molecular weight excluding hydrogens is 276 g/mol. The number of nitrogen functional groups attached to an aromatic ring is 1. The third kappa shape index (κ3) is 3.24. The predicted molar refractivity (Wildman–Crippen MR) is 76.3 cm³/mol. The Hall–Kier alpha value is -3.16. The molecule has 0 bridgehead atoms. The minimum Gasteiger partial charge on any atom is -0.490 e. The Balaban J connectivity index is 2.25. The second-order valence-corrected chi connectivity index (χ2v) is 4.07. The van der Waals surface area contributed by atoms with Crippen molar-refractivity contribution < 1.29 is 14.5 Å². The molecule has 1 aromatic heterocycles. The second kappa shape index (κ2) is 5.87. The Morgan fingerprint density at radius 3 is 2.71 bits per heavy atom. The molecule has 0 aliphatic carbocycles. The molecule has 2 rings (SSSR count). The van der Waals surface area contributed by atoms with Crippen molar-refractivity contribution in [3.63, 3.8) is 0 Å². The molecule has 2 aromatic rings. The fourth-order valence-corrected chi connectivity index (χ4v) is 1.66. The molecule has 8 nitrogen and oxygen atoms in total. The highest BCUT2D eigenvalue weighted by Crippen LogP contribution is 2.27. The quantitative estimate of drug-likeness (QED) is 0.654. The minimum absolute atomic E-state index is 0.0886. The van der Waals surface area contributed by atoms with Crippen molar-refractivity contribution in [3.8, 4) is 5.75 Å². The summed E-state index contributed by atoms with van der Waals surface area (Å²) in [6.45, 7) is 0. The van der Waals surface area contributed by atoms with E-state index in [0.29, 0.717) is 11.5 Å². The van der Waals surface area contributed by atoms with Gasteiger partial charge in [-0.05, 0) is 24.3 Å². The molecule has 3 N–H and O–H groups in total. The Labute approximate surface area is 119 Å². The highest BCUT2D eigenvalue weighted by molar-refractivity contribution is 6.04. The highest BCUT2D eigenvalue weighted by atomic mass is 16.6. The maximum absolute atomic E-state index is 12.0. The Bertz CT molecular complexity index is 685. The van der Waals surface area contributed by atoms with Crippen LogP contribution >= 0.6 is 0 Å². The van der Waals surface area contributed by atoms with Crippen LogP contribution in [-0.2, 0) is 0 Å². The standard InChI is InChI=1S/C13H12N4O4/c1-21-11-4-2-8(6-10(11)17(19)20)13(18)16-9-3-5-12(14)15-7-9/h2-7H,1H3,(H2,14,15)(H,16,18). The summed E-state index contributed by atoms with van der Waals surface area (Å²) in [5, 5.41) is 13.5. The molecule has 21 heavy (non-hydrogen) atoms. The van der Waals surface area contributed by atoms with E-state index in [1.807, 2.05) is 0 Å². The molecule has 108 valence electrons. The summed E-state index contributed by atoms with van der Waals surface area (Å²) in [7, 11) is 1.32. The van der Waals surface area contributed by atoms with E-state index in [1.54, 1.807) is 6.07 Å². The molecule has 0 unspecified atom stereocenters. The Kier molecular flexibility index (Phi) is 3.98. The highest BCUT2D eigenvalue weighted by Gasteiger charge is 2.18. The number of nitrogens with two attached hydrogens (primary N) is 1. The smallest absolute Gasteiger partial charge is 0.311 e. The van der Waals surface area contributed by atoms with Crippen LogP contribution in [0.5, 0.6) is 5.75 Å². The summed E-state index contributed by atoms with van der Waals surface area (Å²) < 4.78 is 4.88. The van der Waals surface area contributed by atoms with Crippen LogP contribution in [0.25, 0.3) is 0 Å². The van der Waals surface area contributed by atoms with Crippen LogP contribution < -0.4 is 15.8 Å². The third-order valence-electron chi connectivity index (χ3n) is 2.68. The van der Waals surface area contributed by atoms with Crippen molar-refractivity contribution in [2.45, 2.75) is 0 Å². The number of carbonyl (C=O) groups is 1. The number of ether oxygens (including phenoxy) is 1. The van der Waals surface area contributed by atoms with E-state index < -0.39 is 10.8 Å². The Morgan fingerprint density at radius 1 is 1.38 bits per heavy atom. The summed E-state index contributed by atoms with van der Waals surface area (Å²) in [5.41, 5.74) is 5.74. The molecule has 1 amide bonds. The van der Waals surface area contributed by atoms with Crippen LogP contribution in [0.15, 0.2) is 36.5 Å². The van der Waals surface area contributed by atoms with Gasteiger partial charge >= 0.3 is 5.69 Å². The fourth-order valence-electron chi connectivity index (χ4n) is 1.66. The molecule has 1 aromatic carbocycles. The number of methoxy groups -OCH3 is 1. The van der Waals surface area contributed by atoms with Gasteiger partial charge in [0.05, 0.1) is 23.9 Å². The number of hydrogen-bond donors (Lipinski definition) is 2. The molecule has 0 atom stereocenters. The van der Waals surface area contributed by atoms with Crippen LogP contribution in [0.1, 0.15) is 10.4 Å². The number of nitro groups is 1. The summed E-state index contributed by atoms with van der Waals surface area (Å²) in [4.78, 5) is 26.2. The van der Waals surface area contributed by atoms with Gasteiger partial charge in [0.2, 0.25) is 0 Å². The van der Waals surface area contributed by atoms with E-state index in [0.717, 1.165) is 6.07 Å². The van der Waals surface area contributed by atoms with Crippen LogP contribution in [0.4, 0.5) is 17.2 Å². The molecular formula is C13H12N4O4. The molecule has 0 saturated heterocycles. The molecule has 0 radical (unpaired) electrons. The van der Waals surface area contributed by atoms with E-state index in [1.165, 1.54) is 31.5 Å². The van der Waals surface area contributed by atoms with E-state index in [9.17, 15) is 14.9 Å². The van der Waals surface area contributed by atoms with Gasteiger partial charge in [0.15, 0.2) is 5.75 Å². The predicted octanol–water partition coefficient (Wildman–Crippen LogP) is 1.83. The molecule has 8 heteroatoms. The van der Waals surface area contributed by atoms with E-state index in [-0.39, 0.29) is 17.0 Å². The van der Waals surface area contributed by atoms with Crippen LogP contribution in [-0.4, -0.2) is 22.9 Å². The molecule has 1 heterocycles. The molecule has 0 fully saturated rings. The number of nitro benzene ring substituents is 1. The van der Waals surface area contributed by atoms with Crippen molar-refractivity contribution in [3.05, 3.63) is 52.2 Å². The number of nitrogens with zero attached hydrogens (tertiary/aromatic N) is 2. The second-order valence-electron chi connectivity index (χ2n) is 4.07. The molecule has 0 aliphatic heterocycles. The number of pyridine rings is 1. The van der Waals surface area contributed by atoms with E-state index in [2.05, 4.69) is 10.3 Å². The van der Waals surface area contributed by atoms with Gasteiger partial charge in [-0.15, -0.1) is 0 Å². The van der Waals surface area contributed by atoms with E-state index >= 15 is 0 Å². The first-order chi connectivity index (χ1) is 10.0. The molecule has 0 aliphatic rings. The first-order valence-corrected chi connectivity index (χ1v) is 5.86. The first-order valence-electron chi connectivity index (χ1n) is 5.86. The van der Waals surface area contributed by atoms with Crippen molar-refractivity contribution >= 4 is 23.1 Å². The molecule has 0 saturated carbocycles. The minimum atomic E-state index is -0.611. The average Bonchev–Trinajstić information content (AvgIpc) is 2.48. The SMILES string of the molecule is COc1ccc(C(=O)Nc2ccc(N)nc2)cc1[N+](=O)[O-]. The normalized spacial score (nSPS) is 9.95. The van der Waals surface area contributed by atoms with Gasteiger partial charge in [-0.2, -0.15) is 0 Å². The number of amides is 1. The van der Waals surface area contributed by atoms with Gasteiger partial charge in [0.25, 0.3) is 5.91 Å². The van der Waals surface area contributed by atoms with Gasteiger partial charge in [-0.3, -0.25) is 14.9 Å². The van der Waals surface area contributed by atoms with Gasteiger partial charge < -0.3 is 15.8 Å². The topological polar surface area (TPSA) is 120 Å². The van der Waals surface area contributed by atoms with Crippen molar-refractivity contribution in [1.82, 2.24) is 4.98 Å². The number of nitrogens with one attached hydrogen (secondary N) is 1. The molecule has 0 spiro atoms. The zero-order valence-electron chi connectivity index (χ0n) is 11.1. The fraction of sp³-hybridized carbons (Fsp3) is 0.0769. The van der Waals surface area contributed by atoms with Crippen molar-refractivity contribution in [2.24, 2.45) is 0 Å². The maximum Gasteiger partial charge on any atom is 0.311 e. The van der Waals surface area contributed by atoms with Crippen molar-refractivity contribution in [2.75, 3.05) is 18.2 Å². The summed E-state index contributed by atoms with van der Waals surface area (Å²) in [6, 6.07) is 7.07. The number of carbonyl (C=O) groups excluding carboxylic acids is 1. The summed E-state index contributed by atoms with van der Waals surface area (Å²) in [6.07, 6.45) is 1.39. The van der Waals surface area contributed by atoms with Gasteiger partial charge in [-0.1, -0.05) is 0 Å². The van der Waals surface area contributed by atoms with Crippen LogP contribution in [0.3, 0.4) is 0 Å². The lowest BCUT2D eigenvalue weighted by atomic mass is 10.1. The summed E-state index contributed by atoms with van der Waals surface area (Å²) >= 11 is 0. The average molecular weight is 288 g/mol. The Morgan fingerprint density at radius 2 is 2.14 bits per heavy atom. The largest absolute Gasteiger partial charge is 0.490 e. The lowest BCUT2D eigenvalue weighted by Crippen LogP contribution is -2.12. The summed E-state index contributed by atoms with van der Waals surface area (Å²) in [5.74, 6) is -0.0777. The first kappa shape index (κ1) is 14.3.